The first-order chi connectivity index (χ1) is 9.74. The summed E-state index contributed by atoms with van der Waals surface area (Å²) in [6.07, 6.45) is 0. The molecule has 0 bridgehead atoms. The highest BCUT2D eigenvalue weighted by molar-refractivity contribution is 5.94. The van der Waals surface area contributed by atoms with Crippen LogP contribution in [0.4, 0.5) is 0 Å². The lowest BCUT2D eigenvalue weighted by Gasteiger charge is -2.07. The minimum Gasteiger partial charge on any atom is -0.382 e. The molecule has 0 saturated carbocycles. The maximum absolute atomic E-state index is 11.7. The number of nitrogens with one attached hydrogen (secondary N) is 2. The van der Waals surface area contributed by atoms with Crippen LogP contribution in [0.25, 0.3) is 0 Å². The summed E-state index contributed by atoms with van der Waals surface area (Å²) in [4.78, 5) is 23.0. The van der Waals surface area contributed by atoms with Crippen molar-refractivity contribution in [3.05, 3.63) is 35.9 Å². The number of carbonyl (C=O) groups excluding carboxylic acids is 2. The summed E-state index contributed by atoms with van der Waals surface area (Å²) in [5.74, 6) is -0.369. The molecule has 1 aromatic rings. The van der Waals surface area contributed by atoms with Gasteiger partial charge in [0.05, 0.1) is 13.2 Å². The van der Waals surface area contributed by atoms with Gasteiger partial charge in [0.1, 0.15) is 6.61 Å². The molecule has 0 heterocycles. The maximum Gasteiger partial charge on any atom is 0.251 e. The van der Waals surface area contributed by atoms with Gasteiger partial charge in [-0.15, -0.1) is 0 Å². The van der Waals surface area contributed by atoms with Crippen LogP contribution in [0.3, 0.4) is 0 Å². The first-order valence-corrected chi connectivity index (χ1v) is 6.40. The summed E-state index contributed by atoms with van der Waals surface area (Å²) in [6.45, 7) is 1.58. The number of hydrogen-bond donors (Lipinski definition) is 2. The lowest BCUT2D eigenvalue weighted by atomic mass is 10.2. The molecule has 0 saturated heterocycles. The second kappa shape index (κ2) is 9.94. The highest BCUT2D eigenvalue weighted by Crippen LogP contribution is 1.96. The molecule has 0 unspecified atom stereocenters. The largest absolute Gasteiger partial charge is 0.382 e. The predicted molar refractivity (Wildman–Crippen MR) is 74.5 cm³/mol. The maximum atomic E-state index is 11.7. The van der Waals surface area contributed by atoms with Crippen molar-refractivity contribution in [2.45, 2.75) is 0 Å². The zero-order valence-corrected chi connectivity index (χ0v) is 11.6. The Labute approximate surface area is 118 Å². The third-order valence-corrected chi connectivity index (χ3v) is 2.43. The van der Waals surface area contributed by atoms with Gasteiger partial charge in [-0.05, 0) is 12.1 Å². The molecular weight excluding hydrogens is 260 g/mol. The summed E-state index contributed by atoms with van der Waals surface area (Å²) in [7, 11) is 1.57. The van der Waals surface area contributed by atoms with Gasteiger partial charge < -0.3 is 20.1 Å². The first kappa shape index (κ1) is 16.1. The summed E-state index contributed by atoms with van der Waals surface area (Å²) in [6, 6.07) is 8.91. The number of ether oxygens (including phenoxy) is 2. The number of hydrogen-bond acceptors (Lipinski definition) is 4. The highest BCUT2D eigenvalue weighted by Gasteiger charge is 2.04. The smallest absolute Gasteiger partial charge is 0.251 e. The van der Waals surface area contributed by atoms with Crippen molar-refractivity contribution in [3.8, 4) is 0 Å². The van der Waals surface area contributed by atoms with E-state index in [2.05, 4.69) is 10.6 Å². The lowest BCUT2D eigenvalue weighted by Crippen LogP contribution is -2.36. The number of benzene rings is 1. The third-order valence-electron chi connectivity index (χ3n) is 2.43. The molecule has 110 valence electrons. The lowest BCUT2D eigenvalue weighted by molar-refractivity contribution is -0.126. The molecule has 1 aromatic carbocycles. The normalized spacial score (nSPS) is 10.1. The van der Waals surface area contributed by atoms with Gasteiger partial charge in [-0.2, -0.15) is 0 Å². The Balaban J connectivity index is 2.07. The van der Waals surface area contributed by atoms with Crippen LogP contribution in [-0.4, -0.2) is 51.8 Å². The molecule has 0 fully saturated rings. The van der Waals surface area contributed by atoms with E-state index in [1.165, 1.54) is 0 Å². The van der Waals surface area contributed by atoms with Crippen molar-refractivity contribution in [3.63, 3.8) is 0 Å². The summed E-state index contributed by atoms with van der Waals surface area (Å²) in [5, 5.41) is 5.36. The average Bonchev–Trinajstić information content (AvgIpc) is 2.49. The topological polar surface area (TPSA) is 76.7 Å². The molecule has 0 aromatic heterocycles. The van der Waals surface area contributed by atoms with Crippen molar-refractivity contribution >= 4 is 11.8 Å². The van der Waals surface area contributed by atoms with Crippen molar-refractivity contribution in [2.24, 2.45) is 0 Å². The molecule has 0 radical (unpaired) electrons. The molecule has 0 aliphatic rings. The van der Waals surface area contributed by atoms with Crippen LogP contribution in [0.15, 0.2) is 30.3 Å². The Morgan fingerprint density at radius 2 is 1.75 bits per heavy atom. The number of rotatable bonds is 9. The molecular formula is C14H20N2O4. The van der Waals surface area contributed by atoms with Crippen LogP contribution in [0, 0.1) is 0 Å². The Morgan fingerprint density at radius 1 is 1.05 bits per heavy atom. The second-order valence-corrected chi connectivity index (χ2v) is 4.02. The number of methoxy groups -OCH3 is 1. The Hall–Kier alpha value is -1.92. The van der Waals surface area contributed by atoms with E-state index in [-0.39, 0.29) is 18.4 Å². The Morgan fingerprint density at radius 3 is 2.45 bits per heavy atom. The third kappa shape index (κ3) is 6.86. The zero-order chi connectivity index (χ0) is 14.6. The van der Waals surface area contributed by atoms with Crippen LogP contribution >= 0.6 is 0 Å². The quantitative estimate of drug-likeness (QED) is 0.633. The van der Waals surface area contributed by atoms with Crippen LogP contribution in [-0.2, 0) is 14.3 Å². The SMILES string of the molecule is COCCOCC(=O)NCCNC(=O)c1ccccc1. The summed E-state index contributed by atoms with van der Waals surface area (Å²) < 4.78 is 9.85. The molecule has 6 heteroatoms. The molecule has 2 amide bonds. The molecule has 2 N–H and O–H groups in total. The number of carbonyl (C=O) groups is 2. The fourth-order valence-electron chi connectivity index (χ4n) is 1.43. The van der Waals surface area contributed by atoms with Gasteiger partial charge in [-0.25, -0.2) is 0 Å². The Kier molecular flexibility index (Phi) is 8.02. The van der Waals surface area contributed by atoms with Crippen LogP contribution in [0.5, 0.6) is 0 Å². The van der Waals surface area contributed by atoms with Gasteiger partial charge >= 0.3 is 0 Å². The summed E-state index contributed by atoms with van der Waals surface area (Å²) >= 11 is 0. The van der Waals surface area contributed by atoms with E-state index in [0.717, 1.165) is 0 Å². The molecule has 0 spiro atoms. The van der Waals surface area contributed by atoms with E-state index in [1.807, 2.05) is 6.07 Å². The monoisotopic (exact) mass is 280 g/mol. The Bertz CT molecular complexity index is 409. The molecule has 0 aliphatic carbocycles. The highest BCUT2D eigenvalue weighted by atomic mass is 16.5. The van der Waals surface area contributed by atoms with Crippen molar-refractivity contribution in [1.29, 1.82) is 0 Å². The molecule has 0 atom stereocenters. The van der Waals surface area contributed by atoms with Gasteiger partial charge in [-0.1, -0.05) is 18.2 Å². The van der Waals surface area contributed by atoms with Gasteiger partial charge in [0.2, 0.25) is 5.91 Å². The van der Waals surface area contributed by atoms with Gasteiger partial charge in [-0.3, -0.25) is 9.59 Å². The molecule has 6 nitrogen and oxygen atoms in total. The average molecular weight is 280 g/mol. The van der Waals surface area contributed by atoms with Gasteiger partial charge in [0.15, 0.2) is 0 Å². The predicted octanol–water partition coefficient (Wildman–Crippen LogP) is 0.196. The zero-order valence-electron chi connectivity index (χ0n) is 11.6. The van der Waals surface area contributed by atoms with Crippen molar-refractivity contribution < 1.29 is 19.1 Å². The van der Waals surface area contributed by atoms with E-state index in [9.17, 15) is 9.59 Å². The van der Waals surface area contributed by atoms with Crippen LogP contribution in [0.2, 0.25) is 0 Å². The fraction of sp³-hybridized carbons (Fsp3) is 0.429. The minimum absolute atomic E-state index is 0.00398. The molecule has 1 rings (SSSR count). The van der Waals surface area contributed by atoms with E-state index >= 15 is 0 Å². The second-order valence-electron chi connectivity index (χ2n) is 4.02. The van der Waals surface area contributed by atoms with E-state index < -0.39 is 0 Å². The summed E-state index contributed by atoms with van der Waals surface area (Å²) in [5.41, 5.74) is 0.599. The van der Waals surface area contributed by atoms with E-state index in [1.54, 1.807) is 31.4 Å². The van der Waals surface area contributed by atoms with Crippen LogP contribution < -0.4 is 10.6 Å². The van der Waals surface area contributed by atoms with Crippen LogP contribution in [0.1, 0.15) is 10.4 Å². The van der Waals surface area contributed by atoms with E-state index in [0.29, 0.717) is 31.9 Å². The standard InChI is InChI=1S/C14H20N2O4/c1-19-9-10-20-11-13(17)15-7-8-16-14(18)12-5-3-2-4-6-12/h2-6H,7-11H2,1H3,(H,15,17)(H,16,18). The molecule has 20 heavy (non-hydrogen) atoms. The van der Waals surface area contributed by atoms with Crippen molar-refractivity contribution in [1.82, 2.24) is 10.6 Å². The first-order valence-electron chi connectivity index (χ1n) is 6.40. The molecule has 0 aliphatic heterocycles. The van der Waals surface area contributed by atoms with Gasteiger partial charge in [0.25, 0.3) is 5.91 Å². The number of amides is 2. The van der Waals surface area contributed by atoms with Gasteiger partial charge in [0, 0.05) is 25.8 Å². The fourth-order valence-corrected chi connectivity index (χ4v) is 1.43. The van der Waals surface area contributed by atoms with E-state index in [4.69, 9.17) is 9.47 Å². The van der Waals surface area contributed by atoms with Crippen molar-refractivity contribution in [2.75, 3.05) is 40.0 Å². The minimum atomic E-state index is -0.213.